The van der Waals surface area contributed by atoms with Crippen LogP contribution in [0, 0.1) is 0 Å². The van der Waals surface area contributed by atoms with Gasteiger partial charge in [0.25, 0.3) is 0 Å². The minimum absolute atomic E-state index is 0.0282. The van der Waals surface area contributed by atoms with Crippen LogP contribution in [-0.2, 0) is 4.57 Å². The van der Waals surface area contributed by atoms with Gasteiger partial charge in [-0.2, -0.15) is 4.98 Å². The number of Topliss-reactive ketones (excluding diaryl/α,β-unsaturated/α-hetero) is 1. The van der Waals surface area contributed by atoms with Crippen LogP contribution in [0.1, 0.15) is 30.1 Å². The Morgan fingerprint density at radius 2 is 1.76 bits per heavy atom. The molecule has 0 spiro atoms. The van der Waals surface area contributed by atoms with Gasteiger partial charge in [0.2, 0.25) is 5.95 Å². The van der Waals surface area contributed by atoms with Gasteiger partial charge in [0, 0.05) is 75.5 Å². The van der Waals surface area contributed by atoms with Gasteiger partial charge in [-0.25, -0.2) is 4.98 Å². The average Bonchev–Trinajstić information content (AvgIpc) is 3.06. The highest BCUT2D eigenvalue weighted by atomic mass is 79.9. The molecule has 2 aromatic heterocycles. The molecule has 242 valence electrons. The zero-order valence-electron chi connectivity index (χ0n) is 26.5. The molecule has 6 rings (SSSR count). The van der Waals surface area contributed by atoms with Crippen molar-refractivity contribution in [2.45, 2.75) is 25.8 Å². The van der Waals surface area contributed by atoms with Crippen molar-refractivity contribution in [2.24, 2.45) is 0 Å². The predicted molar refractivity (Wildman–Crippen MR) is 188 cm³/mol. The highest BCUT2D eigenvalue weighted by Gasteiger charge is 2.28. The number of rotatable bonds is 9. The molecule has 3 N–H and O–H groups in total. The summed E-state index contributed by atoms with van der Waals surface area (Å²) in [5.74, 6) is 1.31. The van der Waals surface area contributed by atoms with E-state index in [4.69, 9.17) is 9.72 Å². The summed E-state index contributed by atoms with van der Waals surface area (Å²) in [5.41, 5.74) is 3.93. The lowest BCUT2D eigenvalue weighted by molar-refractivity contribution is 0.101. The van der Waals surface area contributed by atoms with Crippen molar-refractivity contribution in [3.8, 4) is 5.75 Å². The van der Waals surface area contributed by atoms with E-state index in [1.807, 2.05) is 24.3 Å². The van der Waals surface area contributed by atoms with Crippen LogP contribution >= 0.6 is 23.1 Å². The normalized spacial score (nSPS) is 16.4. The fourth-order valence-electron chi connectivity index (χ4n) is 6.33. The number of benzene rings is 2. The van der Waals surface area contributed by atoms with Gasteiger partial charge < -0.3 is 30.2 Å². The Morgan fingerprint density at radius 3 is 2.46 bits per heavy atom. The number of hydrogen-bond donors (Lipinski definition) is 3. The second kappa shape index (κ2) is 13.6. The van der Waals surface area contributed by atoms with Crippen molar-refractivity contribution in [3.05, 3.63) is 52.9 Å². The van der Waals surface area contributed by atoms with Crippen molar-refractivity contribution in [3.63, 3.8) is 0 Å². The molecule has 0 aliphatic carbocycles. The van der Waals surface area contributed by atoms with Gasteiger partial charge in [0.05, 0.1) is 39.5 Å². The number of halogens is 1. The number of piperidine rings is 1. The summed E-state index contributed by atoms with van der Waals surface area (Å²) in [7, 11) is -1.16. The van der Waals surface area contributed by atoms with E-state index >= 15 is 0 Å². The summed E-state index contributed by atoms with van der Waals surface area (Å²) in [4.78, 5) is 35.9. The number of aromatic nitrogens is 4. The third kappa shape index (κ3) is 6.88. The van der Waals surface area contributed by atoms with Gasteiger partial charge >= 0.3 is 0 Å². The van der Waals surface area contributed by atoms with Gasteiger partial charge in [-0.05, 0) is 67.2 Å². The summed E-state index contributed by atoms with van der Waals surface area (Å²) in [6.07, 6.45) is 6.95. The van der Waals surface area contributed by atoms with E-state index < -0.39 is 7.14 Å². The lowest BCUT2D eigenvalue weighted by Crippen LogP contribution is -2.52. The van der Waals surface area contributed by atoms with Gasteiger partial charge in [-0.1, -0.05) is 0 Å². The number of ketones is 1. The van der Waals surface area contributed by atoms with E-state index in [0.29, 0.717) is 61.3 Å². The summed E-state index contributed by atoms with van der Waals surface area (Å²) in [5, 5.41) is 10.6. The lowest BCUT2D eigenvalue weighted by atomic mass is 9.99. The van der Waals surface area contributed by atoms with E-state index in [2.05, 4.69) is 56.6 Å². The number of nitrogens with zero attached hydrogens (tertiary/aromatic N) is 6. The first-order valence-electron chi connectivity index (χ1n) is 15.4. The molecule has 0 radical (unpaired) electrons. The number of methoxy groups -OCH3 is 1. The second-order valence-corrected chi connectivity index (χ2v) is 16.0. The van der Waals surface area contributed by atoms with Crippen molar-refractivity contribution in [1.29, 1.82) is 0 Å². The molecular formula is C32H39BrN9O3P. The quantitative estimate of drug-likeness (QED) is 0.159. The van der Waals surface area contributed by atoms with Crippen LogP contribution in [0.3, 0.4) is 0 Å². The number of nitrogens with one attached hydrogen (secondary N) is 3. The molecule has 0 amide bonds. The number of hydrogen-bond acceptors (Lipinski definition) is 12. The van der Waals surface area contributed by atoms with Crippen molar-refractivity contribution >= 4 is 74.0 Å². The third-order valence-corrected chi connectivity index (χ3v) is 10.7. The molecule has 4 aromatic rings. The highest BCUT2D eigenvalue weighted by molar-refractivity contribution is 9.10. The van der Waals surface area contributed by atoms with E-state index in [1.165, 1.54) is 0 Å². The van der Waals surface area contributed by atoms with Gasteiger partial charge in [0.15, 0.2) is 5.78 Å². The minimum atomic E-state index is -2.77. The van der Waals surface area contributed by atoms with E-state index in [-0.39, 0.29) is 5.78 Å². The molecular weight excluding hydrogens is 669 g/mol. The Hall–Kier alpha value is -3.64. The molecule has 0 unspecified atom stereocenters. The Kier molecular flexibility index (Phi) is 9.56. The molecule has 2 saturated heterocycles. The Bertz CT molecular complexity index is 1800. The highest BCUT2D eigenvalue weighted by Crippen LogP contribution is 2.42. The molecule has 46 heavy (non-hydrogen) atoms. The monoisotopic (exact) mass is 707 g/mol. The largest absolute Gasteiger partial charge is 0.494 e. The fourth-order valence-corrected chi connectivity index (χ4v) is 8.01. The number of ether oxygens (including phenoxy) is 1. The maximum atomic E-state index is 13.4. The van der Waals surface area contributed by atoms with Crippen LogP contribution in [0.5, 0.6) is 5.75 Å². The smallest absolute Gasteiger partial charge is 0.229 e. The molecule has 2 aliphatic rings. The van der Waals surface area contributed by atoms with Crippen LogP contribution in [0.2, 0.25) is 0 Å². The molecule has 4 heterocycles. The minimum Gasteiger partial charge on any atom is -0.494 e. The Labute approximate surface area is 277 Å². The van der Waals surface area contributed by atoms with E-state index in [1.54, 1.807) is 46.0 Å². The van der Waals surface area contributed by atoms with Crippen LogP contribution in [0.4, 0.5) is 28.8 Å². The molecule has 0 saturated carbocycles. The lowest BCUT2D eigenvalue weighted by Gasteiger charge is -2.41. The van der Waals surface area contributed by atoms with Crippen LogP contribution in [0.15, 0.2) is 47.3 Å². The first kappa shape index (κ1) is 32.3. The first-order chi connectivity index (χ1) is 22.1. The molecule has 2 aliphatic heterocycles. The maximum absolute atomic E-state index is 13.4. The summed E-state index contributed by atoms with van der Waals surface area (Å²) >= 11 is 3.55. The first-order valence-corrected chi connectivity index (χ1v) is 18.8. The summed E-state index contributed by atoms with van der Waals surface area (Å²) < 4.78 is 19.8. The predicted octanol–water partition coefficient (Wildman–Crippen LogP) is 5.00. The third-order valence-electron chi connectivity index (χ3n) is 8.57. The summed E-state index contributed by atoms with van der Waals surface area (Å²) in [6, 6.07) is 7.99. The zero-order valence-corrected chi connectivity index (χ0v) is 29.0. The number of anilines is 5. The van der Waals surface area contributed by atoms with Crippen LogP contribution in [0.25, 0.3) is 11.0 Å². The summed E-state index contributed by atoms with van der Waals surface area (Å²) in [6.45, 7) is 11.0. The average molecular weight is 709 g/mol. The Morgan fingerprint density at radius 1 is 1.02 bits per heavy atom. The van der Waals surface area contributed by atoms with E-state index in [0.717, 1.165) is 57.8 Å². The second-order valence-electron chi connectivity index (χ2n) is 12.0. The molecule has 2 aromatic carbocycles. The topological polar surface area (TPSA) is 138 Å². The zero-order chi connectivity index (χ0) is 32.4. The van der Waals surface area contributed by atoms with Gasteiger partial charge in [0.1, 0.15) is 24.2 Å². The van der Waals surface area contributed by atoms with Crippen molar-refractivity contribution in [2.75, 3.05) is 75.2 Å². The van der Waals surface area contributed by atoms with Gasteiger partial charge in [-0.15, -0.1) is 0 Å². The fraction of sp³-hybridized carbons (Fsp3) is 0.406. The Balaban J connectivity index is 1.27. The molecule has 0 bridgehead atoms. The molecule has 14 heteroatoms. The van der Waals surface area contributed by atoms with Gasteiger partial charge in [-0.3, -0.25) is 19.7 Å². The van der Waals surface area contributed by atoms with Crippen molar-refractivity contribution in [1.82, 2.24) is 30.2 Å². The maximum Gasteiger partial charge on any atom is 0.229 e. The number of fused-ring (bicyclic) bond motifs is 1. The molecule has 2 fully saturated rings. The van der Waals surface area contributed by atoms with Crippen LogP contribution < -0.4 is 30.9 Å². The number of carbonyl (C=O) groups excluding carboxylic acids is 1. The number of carbonyl (C=O) groups is 1. The standard InChI is InChI=1S/C32H39BrN9O3P/c1-20(43)22-17-26(28(45-2)18-27(22)42-13-7-21(8-14-42)41-15-11-34-12-16-41)39-32-37-19-23(33)31(40-32)38-25-6-5-24-29(36-10-9-35-24)30(25)46(3,4)44/h5-6,9-10,17-19,21,34H,7-8,11-16H2,1-4H3,(H2,37,38,39,40). The SMILES string of the molecule is COc1cc(N2CCC(N3CCNCC3)CC2)c(C(C)=O)cc1Nc1ncc(Br)c(Nc2ccc3nccnc3c2P(C)(C)=O)n1. The van der Waals surface area contributed by atoms with E-state index in [9.17, 15) is 9.36 Å². The molecule has 12 nitrogen and oxygen atoms in total. The molecule has 0 atom stereocenters. The van der Waals surface area contributed by atoms with Crippen LogP contribution in [-0.4, -0.2) is 96.4 Å². The van der Waals surface area contributed by atoms with Crippen molar-refractivity contribution < 1.29 is 14.1 Å². The number of piperazine rings is 1.